The summed E-state index contributed by atoms with van der Waals surface area (Å²) in [5.41, 5.74) is 3.80. The smallest absolute Gasteiger partial charge is 0.257 e. The highest BCUT2D eigenvalue weighted by Gasteiger charge is 2.13. The normalized spacial score (nSPS) is 10.2. The molecule has 0 aliphatic rings. The van der Waals surface area contributed by atoms with Crippen LogP contribution < -0.4 is 10.6 Å². The van der Waals surface area contributed by atoms with E-state index >= 15 is 0 Å². The van der Waals surface area contributed by atoms with Crippen LogP contribution in [-0.4, -0.2) is 21.8 Å². The summed E-state index contributed by atoms with van der Waals surface area (Å²) in [4.78, 5) is 32.9. The van der Waals surface area contributed by atoms with Crippen molar-refractivity contribution in [3.8, 4) is 0 Å². The van der Waals surface area contributed by atoms with Crippen LogP contribution in [0.15, 0.2) is 61.2 Å². The van der Waals surface area contributed by atoms with Gasteiger partial charge in [0, 0.05) is 29.8 Å². The molecule has 2 amide bonds. The van der Waals surface area contributed by atoms with Crippen LogP contribution in [0.2, 0.25) is 0 Å². The lowest BCUT2D eigenvalue weighted by Gasteiger charge is -2.11. The van der Waals surface area contributed by atoms with Crippen molar-refractivity contribution < 1.29 is 9.59 Å². The Morgan fingerprint density at radius 2 is 1.65 bits per heavy atom. The molecule has 0 saturated carbocycles. The molecule has 2 heterocycles. The van der Waals surface area contributed by atoms with Crippen molar-refractivity contribution in [3.05, 3.63) is 83.4 Å². The number of amides is 2. The number of anilines is 2. The first-order chi connectivity index (χ1) is 12.5. The summed E-state index contributed by atoms with van der Waals surface area (Å²) in [7, 11) is 0. The Morgan fingerprint density at radius 3 is 2.38 bits per heavy atom. The van der Waals surface area contributed by atoms with E-state index < -0.39 is 0 Å². The maximum Gasteiger partial charge on any atom is 0.257 e. The number of aryl methyl sites for hydroxylation is 2. The monoisotopic (exact) mass is 346 g/mol. The van der Waals surface area contributed by atoms with Gasteiger partial charge < -0.3 is 10.6 Å². The van der Waals surface area contributed by atoms with E-state index in [4.69, 9.17) is 0 Å². The summed E-state index contributed by atoms with van der Waals surface area (Å²) in [6.45, 7) is 3.71. The predicted molar refractivity (Wildman–Crippen MR) is 100 cm³/mol. The molecule has 0 aliphatic carbocycles. The molecular formula is C20H18N4O2. The van der Waals surface area contributed by atoms with E-state index in [9.17, 15) is 9.59 Å². The highest BCUT2D eigenvalue weighted by atomic mass is 16.2. The zero-order valence-corrected chi connectivity index (χ0v) is 14.5. The minimum Gasteiger partial charge on any atom is -0.322 e. The quantitative estimate of drug-likeness (QED) is 0.756. The lowest BCUT2D eigenvalue weighted by atomic mass is 10.1. The van der Waals surface area contributed by atoms with Crippen molar-refractivity contribution in [1.29, 1.82) is 0 Å². The second kappa shape index (κ2) is 7.57. The summed E-state index contributed by atoms with van der Waals surface area (Å²) < 4.78 is 0. The van der Waals surface area contributed by atoms with Gasteiger partial charge in [-0.05, 0) is 55.3 Å². The van der Waals surface area contributed by atoms with Gasteiger partial charge >= 0.3 is 0 Å². The van der Waals surface area contributed by atoms with Crippen molar-refractivity contribution in [1.82, 2.24) is 9.97 Å². The fourth-order valence-electron chi connectivity index (χ4n) is 2.46. The fourth-order valence-corrected chi connectivity index (χ4v) is 2.46. The van der Waals surface area contributed by atoms with Gasteiger partial charge in [-0.15, -0.1) is 0 Å². The van der Waals surface area contributed by atoms with Crippen molar-refractivity contribution in [2.75, 3.05) is 10.6 Å². The standard InChI is InChI=1S/C20H18N4O2/c1-13-8-15(11-22-10-13)19(25)23-16-6-5-14(2)18(9-16)20(26)24-17-4-3-7-21-12-17/h3-12H,1-2H3,(H,23,25)(H,24,26). The Kier molecular flexibility index (Phi) is 5.03. The van der Waals surface area contributed by atoms with Gasteiger partial charge in [0.15, 0.2) is 0 Å². The van der Waals surface area contributed by atoms with Gasteiger partial charge in [-0.2, -0.15) is 0 Å². The Bertz CT molecular complexity index is 955. The van der Waals surface area contributed by atoms with Crippen LogP contribution in [0.25, 0.3) is 0 Å². The first-order valence-electron chi connectivity index (χ1n) is 8.08. The van der Waals surface area contributed by atoms with Crippen LogP contribution >= 0.6 is 0 Å². The SMILES string of the molecule is Cc1cncc(C(=O)Nc2ccc(C)c(C(=O)Nc3cccnc3)c2)c1. The van der Waals surface area contributed by atoms with Gasteiger partial charge in [-0.3, -0.25) is 19.6 Å². The fraction of sp³-hybridized carbons (Fsp3) is 0.100. The Balaban J connectivity index is 1.79. The molecule has 0 spiro atoms. The summed E-state index contributed by atoms with van der Waals surface area (Å²) >= 11 is 0. The molecule has 0 atom stereocenters. The lowest BCUT2D eigenvalue weighted by Crippen LogP contribution is -2.16. The molecule has 3 rings (SSSR count). The molecule has 0 unspecified atom stereocenters. The molecule has 130 valence electrons. The number of hydrogen-bond donors (Lipinski definition) is 2. The first kappa shape index (κ1) is 17.3. The van der Waals surface area contributed by atoms with Gasteiger partial charge in [0.2, 0.25) is 0 Å². The van der Waals surface area contributed by atoms with E-state index in [0.29, 0.717) is 22.5 Å². The van der Waals surface area contributed by atoms with Crippen LogP contribution in [-0.2, 0) is 0 Å². The molecule has 0 bridgehead atoms. The van der Waals surface area contributed by atoms with E-state index in [0.717, 1.165) is 11.1 Å². The van der Waals surface area contributed by atoms with Crippen molar-refractivity contribution in [3.63, 3.8) is 0 Å². The van der Waals surface area contributed by atoms with Crippen LogP contribution in [0.3, 0.4) is 0 Å². The summed E-state index contributed by atoms with van der Waals surface area (Å²) in [6, 6.07) is 10.5. The highest BCUT2D eigenvalue weighted by Crippen LogP contribution is 2.18. The van der Waals surface area contributed by atoms with E-state index in [-0.39, 0.29) is 11.8 Å². The molecule has 6 heteroatoms. The number of carbonyl (C=O) groups is 2. The van der Waals surface area contributed by atoms with Crippen LogP contribution in [0.4, 0.5) is 11.4 Å². The van der Waals surface area contributed by atoms with Gasteiger partial charge in [0.05, 0.1) is 17.4 Å². The maximum absolute atomic E-state index is 12.5. The van der Waals surface area contributed by atoms with E-state index in [2.05, 4.69) is 20.6 Å². The first-order valence-corrected chi connectivity index (χ1v) is 8.08. The molecule has 6 nitrogen and oxygen atoms in total. The minimum atomic E-state index is -0.274. The number of nitrogens with zero attached hydrogens (tertiary/aromatic N) is 2. The van der Waals surface area contributed by atoms with Gasteiger partial charge in [-0.1, -0.05) is 6.07 Å². The molecule has 0 aliphatic heterocycles. The summed E-state index contributed by atoms with van der Waals surface area (Å²) in [5.74, 6) is -0.535. The average molecular weight is 346 g/mol. The highest BCUT2D eigenvalue weighted by molar-refractivity contribution is 6.08. The Hall–Kier alpha value is -3.54. The molecule has 0 radical (unpaired) electrons. The number of nitrogens with one attached hydrogen (secondary N) is 2. The number of carbonyl (C=O) groups excluding carboxylic acids is 2. The Morgan fingerprint density at radius 1 is 0.846 bits per heavy atom. The van der Waals surface area contributed by atoms with Crippen molar-refractivity contribution in [2.24, 2.45) is 0 Å². The molecule has 1 aromatic carbocycles. The van der Waals surface area contributed by atoms with Crippen LogP contribution in [0, 0.1) is 13.8 Å². The van der Waals surface area contributed by atoms with Crippen LogP contribution in [0.5, 0.6) is 0 Å². The van der Waals surface area contributed by atoms with E-state index in [1.807, 2.05) is 13.8 Å². The minimum absolute atomic E-state index is 0.260. The van der Waals surface area contributed by atoms with Gasteiger partial charge in [0.25, 0.3) is 11.8 Å². The zero-order chi connectivity index (χ0) is 18.5. The number of rotatable bonds is 4. The molecular weight excluding hydrogens is 328 g/mol. The second-order valence-electron chi connectivity index (χ2n) is 5.93. The van der Waals surface area contributed by atoms with Gasteiger partial charge in [-0.25, -0.2) is 0 Å². The second-order valence-corrected chi connectivity index (χ2v) is 5.93. The summed E-state index contributed by atoms with van der Waals surface area (Å²) in [6.07, 6.45) is 6.40. The number of pyridine rings is 2. The zero-order valence-electron chi connectivity index (χ0n) is 14.5. The summed E-state index contributed by atoms with van der Waals surface area (Å²) in [5, 5.41) is 5.60. The molecule has 0 saturated heterocycles. The van der Waals surface area contributed by atoms with E-state index in [1.165, 1.54) is 6.20 Å². The van der Waals surface area contributed by atoms with Gasteiger partial charge in [0.1, 0.15) is 0 Å². The molecule has 3 aromatic rings. The molecule has 2 N–H and O–H groups in total. The number of aromatic nitrogens is 2. The average Bonchev–Trinajstić information content (AvgIpc) is 2.64. The third kappa shape index (κ3) is 4.10. The topological polar surface area (TPSA) is 84.0 Å². The number of benzene rings is 1. The third-order valence-electron chi connectivity index (χ3n) is 3.80. The third-order valence-corrected chi connectivity index (χ3v) is 3.80. The largest absolute Gasteiger partial charge is 0.322 e. The lowest BCUT2D eigenvalue weighted by molar-refractivity contribution is 0.101. The van der Waals surface area contributed by atoms with Crippen molar-refractivity contribution >= 4 is 23.2 Å². The van der Waals surface area contributed by atoms with Crippen LogP contribution in [0.1, 0.15) is 31.8 Å². The Labute approximate surface area is 151 Å². The predicted octanol–water partition coefficient (Wildman–Crippen LogP) is 3.60. The van der Waals surface area contributed by atoms with E-state index in [1.54, 1.807) is 55.0 Å². The maximum atomic E-state index is 12.5. The molecule has 26 heavy (non-hydrogen) atoms. The molecule has 2 aromatic heterocycles. The van der Waals surface area contributed by atoms with Crippen molar-refractivity contribution in [2.45, 2.75) is 13.8 Å². The number of hydrogen-bond acceptors (Lipinski definition) is 4. The molecule has 0 fully saturated rings.